The molecule has 18 heavy (non-hydrogen) atoms. The van der Waals surface area contributed by atoms with Crippen LogP contribution in [0.4, 0.5) is 25.8 Å². The van der Waals surface area contributed by atoms with Crippen molar-refractivity contribution in [2.45, 2.75) is 0 Å². The number of benzene rings is 2. The molecule has 0 saturated carbocycles. The van der Waals surface area contributed by atoms with E-state index in [9.17, 15) is 8.78 Å². The molecule has 0 radical (unpaired) electrons. The van der Waals surface area contributed by atoms with Gasteiger partial charge in [-0.3, -0.25) is 0 Å². The zero-order valence-electron chi connectivity index (χ0n) is 8.98. The van der Waals surface area contributed by atoms with Gasteiger partial charge in [0, 0.05) is 11.8 Å². The molecule has 0 aliphatic carbocycles. The van der Waals surface area contributed by atoms with E-state index in [1.54, 1.807) is 0 Å². The second-order valence-corrected chi connectivity index (χ2v) is 4.42. The van der Waals surface area contributed by atoms with Crippen LogP contribution >= 0.6 is 23.2 Å². The van der Waals surface area contributed by atoms with E-state index in [0.717, 1.165) is 12.1 Å². The molecule has 0 aliphatic heterocycles. The maximum Gasteiger partial charge on any atom is 0.149 e. The lowest BCUT2D eigenvalue weighted by Crippen LogP contribution is -1.97. The van der Waals surface area contributed by atoms with Crippen molar-refractivity contribution in [3.63, 3.8) is 0 Å². The van der Waals surface area contributed by atoms with Crippen molar-refractivity contribution in [1.82, 2.24) is 0 Å². The molecule has 3 N–H and O–H groups in total. The molecule has 0 unspecified atom stereocenters. The van der Waals surface area contributed by atoms with Crippen LogP contribution in [0.2, 0.25) is 10.0 Å². The zero-order chi connectivity index (χ0) is 13.3. The molecule has 0 atom stereocenters. The van der Waals surface area contributed by atoms with Crippen LogP contribution in [0, 0.1) is 11.6 Å². The lowest BCUT2D eigenvalue weighted by molar-refractivity contribution is 0.586. The predicted octanol–water partition coefficient (Wildman–Crippen LogP) is 4.60. The molecule has 0 amide bonds. The van der Waals surface area contributed by atoms with Gasteiger partial charge < -0.3 is 11.1 Å². The number of rotatable bonds is 2. The van der Waals surface area contributed by atoms with Gasteiger partial charge in [-0.1, -0.05) is 23.2 Å². The van der Waals surface area contributed by atoms with Gasteiger partial charge >= 0.3 is 0 Å². The molecule has 0 aromatic heterocycles. The van der Waals surface area contributed by atoms with Crippen molar-refractivity contribution in [1.29, 1.82) is 0 Å². The third kappa shape index (κ3) is 2.66. The summed E-state index contributed by atoms with van der Waals surface area (Å²) in [5.74, 6) is -1.40. The van der Waals surface area contributed by atoms with Gasteiger partial charge in [-0.05, 0) is 24.3 Å². The molecule has 2 nitrogen and oxygen atoms in total. The molecule has 0 bridgehead atoms. The summed E-state index contributed by atoms with van der Waals surface area (Å²) >= 11 is 11.9. The van der Waals surface area contributed by atoms with Crippen LogP contribution < -0.4 is 11.1 Å². The normalized spacial score (nSPS) is 10.4. The molecular formula is C12H8Cl2F2N2. The highest BCUT2D eigenvalue weighted by Crippen LogP contribution is 2.35. The Hall–Kier alpha value is -1.52. The van der Waals surface area contributed by atoms with E-state index in [1.165, 1.54) is 18.2 Å². The third-order valence-electron chi connectivity index (χ3n) is 2.26. The zero-order valence-corrected chi connectivity index (χ0v) is 10.5. The Bertz CT molecular complexity index is 580. The molecular weight excluding hydrogens is 281 g/mol. The maximum absolute atomic E-state index is 13.5. The van der Waals surface area contributed by atoms with Crippen molar-refractivity contribution >= 4 is 40.3 Å². The smallest absolute Gasteiger partial charge is 0.149 e. The van der Waals surface area contributed by atoms with Gasteiger partial charge in [0.15, 0.2) is 0 Å². The molecule has 0 fully saturated rings. The number of anilines is 3. The van der Waals surface area contributed by atoms with Crippen LogP contribution in [0.1, 0.15) is 0 Å². The number of halogens is 4. The van der Waals surface area contributed by atoms with Gasteiger partial charge in [-0.15, -0.1) is 0 Å². The molecule has 2 aromatic carbocycles. The molecule has 6 heteroatoms. The first kappa shape index (κ1) is 12.9. The van der Waals surface area contributed by atoms with Crippen LogP contribution in [0.25, 0.3) is 0 Å². The second-order valence-electron chi connectivity index (χ2n) is 3.61. The summed E-state index contributed by atoms with van der Waals surface area (Å²) in [5.41, 5.74) is 6.34. The van der Waals surface area contributed by atoms with Gasteiger partial charge in [0.2, 0.25) is 0 Å². The lowest BCUT2D eigenvalue weighted by Gasteiger charge is -2.12. The molecule has 0 spiro atoms. The lowest BCUT2D eigenvalue weighted by atomic mass is 10.2. The van der Waals surface area contributed by atoms with Crippen molar-refractivity contribution in [2.75, 3.05) is 11.1 Å². The van der Waals surface area contributed by atoms with Gasteiger partial charge in [0.25, 0.3) is 0 Å². The highest BCUT2D eigenvalue weighted by Gasteiger charge is 2.10. The van der Waals surface area contributed by atoms with Gasteiger partial charge in [0.1, 0.15) is 11.6 Å². The first-order chi connectivity index (χ1) is 8.47. The third-order valence-corrected chi connectivity index (χ3v) is 2.85. The van der Waals surface area contributed by atoms with E-state index >= 15 is 0 Å². The average molecular weight is 289 g/mol. The second kappa shape index (κ2) is 5.00. The van der Waals surface area contributed by atoms with Crippen LogP contribution in [0.5, 0.6) is 0 Å². The Labute approximate surface area is 112 Å². The van der Waals surface area contributed by atoms with Crippen molar-refractivity contribution < 1.29 is 8.78 Å². The SMILES string of the molecule is Nc1cc(Cl)c(Nc2ccc(F)cc2F)c(Cl)c1. The van der Waals surface area contributed by atoms with Crippen LogP contribution in [0.15, 0.2) is 30.3 Å². The van der Waals surface area contributed by atoms with E-state index in [1.807, 2.05) is 0 Å². The molecule has 0 heterocycles. The number of nitrogen functional groups attached to an aromatic ring is 1. The fraction of sp³-hybridized carbons (Fsp3) is 0. The molecule has 94 valence electrons. The quantitative estimate of drug-likeness (QED) is 0.793. The minimum absolute atomic E-state index is 0.0740. The topological polar surface area (TPSA) is 38.0 Å². The molecule has 0 saturated heterocycles. The summed E-state index contributed by atoms with van der Waals surface area (Å²) in [6.45, 7) is 0. The monoisotopic (exact) mass is 288 g/mol. The fourth-order valence-electron chi connectivity index (χ4n) is 1.44. The maximum atomic E-state index is 13.5. The van der Waals surface area contributed by atoms with E-state index in [-0.39, 0.29) is 15.7 Å². The highest BCUT2D eigenvalue weighted by atomic mass is 35.5. The Morgan fingerprint density at radius 3 is 2.17 bits per heavy atom. The van der Waals surface area contributed by atoms with Crippen molar-refractivity contribution in [3.8, 4) is 0 Å². The van der Waals surface area contributed by atoms with E-state index in [2.05, 4.69) is 5.32 Å². The number of nitrogens with two attached hydrogens (primary N) is 1. The molecule has 0 aliphatic rings. The summed E-state index contributed by atoms with van der Waals surface area (Å²) < 4.78 is 26.2. The molecule has 2 aromatic rings. The Kier molecular flexibility index (Phi) is 3.59. The first-order valence-corrected chi connectivity index (χ1v) is 5.69. The van der Waals surface area contributed by atoms with Gasteiger partial charge in [-0.2, -0.15) is 0 Å². The summed E-state index contributed by atoms with van der Waals surface area (Å²) in [4.78, 5) is 0. The van der Waals surface area contributed by atoms with E-state index in [4.69, 9.17) is 28.9 Å². The van der Waals surface area contributed by atoms with Crippen molar-refractivity contribution in [2.24, 2.45) is 0 Å². The summed E-state index contributed by atoms with van der Waals surface area (Å²) in [6, 6.07) is 6.12. The van der Waals surface area contributed by atoms with Gasteiger partial charge in [-0.25, -0.2) is 8.78 Å². The standard InChI is InChI=1S/C12H8Cl2F2N2/c13-8-4-7(17)5-9(14)12(8)18-11-2-1-6(15)3-10(11)16/h1-5,18H,17H2. The average Bonchev–Trinajstić information content (AvgIpc) is 2.25. The van der Waals surface area contributed by atoms with Crippen LogP contribution in [0.3, 0.4) is 0 Å². The summed E-state index contributed by atoms with van der Waals surface area (Å²) in [7, 11) is 0. The van der Waals surface area contributed by atoms with E-state index < -0.39 is 11.6 Å². The van der Waals surface area contributed by atoms with E-state index in [0.29, 0.717) is 11.4 Å². The summed E-state index contributed by atoms with van der Waals surface area (Å²) in [6.07, 6.45) is 0. The predicted molar refractivity (Wildman–Crippen MR) is 70.5 cm³/mol. The first-order valence-electron chi connectivity index (χ1n) is 4.94. The highest BCUT2D eigenvalue weighted by molar-refractivity contribution is 6.39. The van der Waals surface area contributed by atoms with Gasteiger partial charge in [0.05, 0.1) is 21.4 Å². The number of hydrogen-bond donors (Lipinski definition) is 2. The van der Waals surface area contributed by atoms with Crippen LogP contribution in [-0.4, -0.2) is 0 Å². The van der Waals surface area contributed by atoms with Crippen molar-refractivity contribution in [3.05, 3.63) is 52.0 Å². The minimum Gasteiger partial charge on any atom is -0.399 e. The minimum atomic E-state index is -0.737. The fourth-order valence-corrected chi connectivity index (χ4v) is 2.04. The number of nitrogens with one attached hydrogen (secondary N) is 1. The Morgan fingerprint density at radius 1 is 1.00 bits per heavy atom. The summed E-state index contributed by atoms with van der Waals surface area (Å²) in [5, 5.41) is 3.21. The molecule has 2 rings (SSSR count). The van der Waals surface area contributed by atoms with Crippen LogP contribution in [-0.2, 0) is 0 Å². The number of hydrogen-bond acceptors (Lipinski definition) is 2. The Balaban J connectivity index is 2.40. The Morgan fingerprint density at radius 2 is 1.61 bits per heavy atom. The largest absolute Gasteiger partial charge is 0.399 e.